The first-order chi connectivity index (χ1) is 12.5. The summed E-state index contributed by atoms with van der Waals surface area (Å²) >= 11 is 0. The third-order valence-electron chi connectivity index (χ3n) is 4.06. The SMILES string of the molecule is COc1cc(/C(NN)=C(/N)c2ccc(N(C)C)cc2)cc(OC)c1OC. The van der Waals surface area contributed by atoms with E-state index in [4.69, 9.17) is 25.8 Å². The second-order valence-corrected chi connectivity index (χ2v) is 5.79. The molecule has 0 fully saturated rings. The number of anilines is 1. The lowest BCUT2D eigenvalue weighted by Crippen LogP contribution is -2.23. The lowest BCUT2D eigenvalue weighted by atomic mass is 10.0. The van der Waals surface area contributed by atoms with Gasteiger partial charge in [0.1, 0.15) is 0 Å². The zero-order valence-corrected chi connectivity index (χ0v) is 15.8. The molecular formula is C19H26N4O3. The highest BCUT2D eigenvalue weighted by Crippen LogP contribution is 2.40. The summed E-state index contributed by atoms with van der Waals surface area (Å²) in [6.07, 6.45) is 0. The quantitative estimate of drug-likeness (QED) is 0.396. The summed E-state index contributed by atoms with van der Waals surface area (Å²) in [5.74, 6) is 7.31. The van der Waals surface area contributed by atoms with Crippen LogP contribution in [0.3, 0.4) is 0 Å². The molecule has 140 valence electrons. The third kappa shape index (κ3) is 3.78. The van der Waals surface area contributed by atoms with Gasteiger partial charge < -0.3 is 30.3 Å². The van der Waals surface area contributed by atoms with E-state index < -0.39 is 0 Å². The van der Waals surface area contributed by atoms with E-state index in [0.717, 1.165) is 16.8 Å². The van der Waals surface area contributed by atoms with Crippen LogP contribution in [0.25, 0.3) is 11.4 Å². The Kier molecular flexibility index (Phi) is 6.19. The maximum absolute atomic E-state index is 6.37. The number of benzene rings is 2. The van der Waals surface area contributed by atoms with Crippen LogP contribution < -0.4 is 36.1 Å². The predicted octanol–water partition coefficient (Wildman–Crippen LogP) is 2.03. The predicted molar refractivity (Wildman–Crippen MR) is 105 cm³/mol. The average Bonchev–Trinajstić information content (AvgIpc) is 2.67. The number of nitrogens with zero attached hydrogens (tertiary/aromatic N) is 1. The van der Waals surface area contributed by atoms with Crippen molar-refractivity contribution < 1.29 is 14.2 Å². The maximum atomic E-state index is 6.37. The number of hydrogen-bond acceptors (Lipinski definition) is 7. The molecule has 0 spiro atoms. The van der Waals surface area contributed by atoms with Gasteiger partial charge in [-0.15, -0.1) is 0 Å². The summed E-state index contributed by atoms with van der Waals surface area (Å²) < 4.78 is 16.2. The van der Waals surface area contributed by atoms with Gasteiger partial charge in [-0.1, -0.05) is 12.1 Å². The van der Waals surface area contributed by atoms with Gasteiger partial charge in [-0.2, -0.15) is 0 Å². The summed E-state index contributed by atoms with van der Waals surface area (Å²) in [5, 5.41) is 0. The van der Waals surface area contributed by atoms with Crippen LogP contribution in [0.2, 0.25) is 0 Å². The van der Waals surface area contributed by atoms with E-state index in [2.05, 4.69) is 5.43 Å². The normalized spacial score (nSPS) is 11.5. The Morgan fingerprint density at radius 2 is 1.42 bits per heavy atom. The van der Waals surface area contributed by atoms with Gasteiger partial charge in [-0.05, 0) is 29.8 Å². The van der Waals surface area contributed by atoms with Gasteiger partial charge in [-0.25, -0.2) is 0 Å². The molecule has 0 saturated carbocycles. The molecule has 0 bridgehead atoms. The van der Waals surface area contributed by atoms with Crippen LogP contribution in [-0.2, 0) is 0 Å². The zero-order chi connectivity index (χ0) is 19.3. The van der Waals surface area contributed by atoms with Crippen molar-refractivity contribution in [2.75, 3.05) is 40.3 Å². The summed E-state index contributed by atoms with van der Waals surface area (Å²) in [6, 6.07) is 11.5. The second kappa shape index (κ2) is 8.35. The van der Waals surface area contributed by atoms with Crippen LogP contribution >= 0.6 is 0 Å². The van der Waals surface area contributed by atoms with Crippen LogP contribution in [-0.4, -0.2) is 35.4 Å². The Balaban J connectivity index is 2.57. The minimum atomic E-state index is 0.504. The third-order valence-corrected chi connectivity index (χ3v) is 4.06. The molecule has 7 heteroatoms. The van der Waals surface area contributed by atoms with Crippen molar-refractivity contribution in [1.82, 2.24) is 5.43 Å². The Bertz CT molecular complexity index is 761. The second-order valence-electron chi connectivity index (χ2n) is 5.79. The number of ether oxygens (including phenoxy) is 3. The van der Waals surface area contributed by atoms with E-state index in [1.165, 1.54) is 0 Å². The highest BCUT2D eigenvalue weighted by molar-refractivity contribution is 5.89. The van der Waals surface area contributed by atoms with E-state index >= 15 is 0 Å². The van der Waals surface area contributed by atoms with E-state index in [1.54, 1.807) is 33.5 Å². The summed E-state index contributed by atoms with van der Waals surface area (Å²) in [5.41, 5.74) is 12.8. The molecule has 0 saturated heterocycles. The van der Waals surface area contributed by atoms with Gasteiger partial charge >= 0.3 is 0 Å². The molecule has 7 nitrogen and oxygen atoms in total. The van der Waals surface area contributed by atoms with Crippen molar-refractivity contribution >= 4 is 17.1 Å². The largest absolute Gasteiger partial charge is 0.493 e. The van der Waals surface area contributed by atoms with E-state index in [0.29, 0.717) is 28.6 Å². The van der Waals surface area contributed by atoms with Gasteiger partial charge in [-0.3, -0.25) is 5.84 Å². The molecule has 2 rings (SSSR count). The molecule has 0 aromatic heterocycles. The van der Waals surface area contributed by atoms with Crippen molar-refractivity contribution in [2.45, 2.75) is 0 Å². The Morgan fingerprint density at radius 1 is 0.885 bits per heavy atom. The molecule has 0 amide bonds. The molecule has 0 heterocycles. The molecular weight excluding hydrogens is 332 g/mol. The van der Waals surface area contributed by atoms with Gasteiger partial charge in [0.25, 0.3) is 0 Å². The molecule has 26 heavy (non-hydrogen) atoms. The number of methoxy groups -OCH3 is 3. The molecule has 5 N–H and O–H groups in total. The molecule has 2 aromatic carbocycles. The summed E-state index contributed by atoms with van der Waals surface area (Å²) in [4.78, 5) is 2.02. The molecule has 0 aliphatic carbocycles. The van der Waals surface area contributed by atoms with Crippen molar-refractivity contribution in [3.8, 4) is 17.2 Å². The Hall–Kier alpha value is -3.06. The lowest BCUT2D eigenvalue weighted by molar-refractivity contribution is 0.324. The minimum absolute atomic E-state index is 0.504. The van der Waals surface area contributed by atoms with Crippen molar-refractivity contribution in [1.29, 1.82) is 0 Å². The summed E-state index contributed by atoms with van der Waals surface area (Å²) in [6.45, 7) is 0. The summed E-state index contributed by atoms with van der Waals surface area (Å²) in [7, 11) is 8.64. The molecule has 0 unspecified atom stereocenters. The van der Waals surface area contributed by atoms with E-state index in [-0.39, 0.29) is 0 Å². The maximum Gasteiger partial charge on any atom is 0.203 e. The lowest BCUT2D eigenvalue weighted by Gasteiger charge is -2.18. The van der Waals surface area contributed by atoms with Gasteiger partial charge in [0.15, 0.2) is 11.5 Å². The minimum Gasteiger partial charge on any atom is -0.493 e. The van der Waals surface area contributed by atoms with Crippen molar-refractivity contribution in [3.05, 3.63) is 47.5 Å². The van der Waals surface area contributed by atoms with Crippen LogP contribution in [0.15, 0.2) is 36.4 Å². The molecule has 0 aliphatic heterocycles. The van der Waals surface area contributed by atoms with Crippen molar-refractivity contribution in [3.63, 3.8) is 0 Å². The number of hydrazine groups is 1. The number of hydrogen-bond donors (Lipinski definition) is 3. The van der Waals surface area contributed by atoms with Crippen molar-refractivity contribution in [2.24, 2.45) is 11.6 Å². The van der Waals surface area contributed by atoms with Gasteiger partial charge in [0.05, 0.1) is 32.7 Å². The van der Waals surface area contributed by atoms with E-state index in [9.17, 15) is 0 Å². The number of nitrogens with one attached hydrogen (secondary N) is 1. The smallest absolute Gasteiger partial charge is 0.203 e. The van der Waals surface area contributed by atoms with Crippen LogP contribution in [0.5, 0.6) is 17.2 Å². The zero-order valence-electron chi connectivity index (χ0n) is 15.8. The molecule has 0 aliphatic rings. The topological polar surface area (TPSA) is 95.0 Å². The van der Waals surface area contributed by atoms with Gasteiger partial charge in [0.2, 0.25) is 5.75 Å². The fourth-order valence-electron chi connectivity index (χ4n) is 2.63. The Labute approximate surface area is 154 Å². The van der Waals surface area contributed by atoms with E-state index in [1.807, 2.05) is 43.3 Å². The molecule has 0 atom stereocenters. The fourth-order valence-corrected chi connectivity index (χ4v) is 2.63. The average molecular weight is 358 g/mol. The molecule has 0 radical (unpaired) electrons. The standard InChI is InChI=1S/C19H26N4O3/c1-23(2)14-8-6-12(7-9-14)17(20)18(22-21)13-10-15(24-3)19(26-5)16(11-13)25-4/h6-11,22H,20-21H2,1-5H3/b18-17-. The number of rotatable bonds is 7. The Morgan fingerprint density at radius 3 is 1.81 bits per heavy atom. The van der Waals surface area contributed by atoms with Gasteiger partial charge in [0, 0.05) is 25.3 Å². The fraction of sp³-hybridized carbons (Fsp3) is 0.263. The highest BCUT2D eigenvalue weighted by atomic mass is 16.5. The van der Waals surface area contributed by atoms with Crippen LogP contribution in [0, 0.1) is 0 Å². The monoisotopic (exact) mass is 358 g/mol. The first-order valence-electron chi connectivity index (χ1n) is 8.01. The number of nitrogens with two attached hydrogens (primary N) is 2. The highest BCUT2D eigenvalue weighted by Gasteiger charge is 2.17. The molecule has 2 aromatic rings. The first-order valence-corrected chi connectivity index (χ1v) is 8.01. The first kappa shape index (κ1) is 19.3. The van der Waals surface area contributed by atoms with Crippen LogP contribution in [0.4, 0.5) is 5.69 Å². The van der Waals surface area contributed by atoms with Crippen LogP contribution in [0.1, 0.15) is 11.1 Å².